The molecular weight excluding hydrogens is 256 g/mol. The Labute approximate surface area is 110 Å². The third-order valence-corrected chi connectivity index (χ3v) is 3.96. The number of thioether (sulfide) groups is 1. The summed E-state index contributed by atoms with van der Waals surface area (Å²) in [5, 5.41) is 3.29. The van der Waals surface area contributed by atoms with Gasteiger partial charge in [-0.05, 0) is 24.2 Å². The lowest BCUT2D eigenvalue weighted by atomic mass is 10.0. The number of nitrogens with one attached hydrogen (secondary N) is 1. The Kier molecular flexibility index (Phi) is 4.97. The molecule has 0 amide bonds. The number of halogens is 2. The third kappa shape index (κ3) is 3.22. The Morgan fingerprint density at radius 2 is 2.28 bits per heavy atom. The summed E-state index contributed by atoms with van der Waals surface area (Å²) in [6, 6.07) is 3.96. The van der Waals surface area contributed by atoms with Crippen LogP contribution in [-0.2, 0) is 4.74 Å². The van der Waals surface area contributed by atoms with Gasteiger partial charge in [-0.15, -0.1) is 0 Å². The molecule has 1 fully saturated rings. The van der Waals surface area contributed by atoms with Crippen molar-refractivity contribution in [3.05, 3.63) is 35.4 Å². The highest BCUT2D eigenvalue weighted by molar-refractivity contribution is 7.99. The van der Waals surface area contributed by atoms with Crippen molar-refractivity contribution in [3.63, 3.8) is 0 Å². The maximum Gasteiger partial charge on any atom is 0.159 e. The highest BCUT2D eigenvalue weighted by Crippen LogP contribution is 2.26. The molecule has 2 unspecified atom stereocenters. The molecule has 18 heavy (non-hydrogen) atoms. The predicted octanol–water partition coefficient (Wildman–Crippen LogP) is 2.75. The summed E-state index contributed by atoms with van der Waals surface area (Å²) >= 11 is 1.83. The molecule has 0 radical (unpaired) electrons. The van der Waals surface area contributed by atoms with E-state index in [9.17, 15) is 8.78 Å². The molecule has 1 aromatic rings. The van der Waals surface area contributed by atoms with E-state index in [0.29, 0.717) is 6.61 Å². The van der Waals surface area contributed by atoms with Crippen molar-refractivity contribution < 1.29 is 13.5 Å². The molecule has 1 aliphatic heterocycles. The smallest absolute Gasteiger partial charge is 0.159 e. The molecule has 0 saturated carbocycles. The van der Waals surface area contributed by atoms with Crippen LogP contribution in [0, 0.1) is 11.6 Å². The van der Waals surface area contributed by atoms with Crippen molar-refractivity contribution in [1.29, 1.82) is 0 Å². The van der Waals surface area contributed by atoms with Gasteiger partial charge in [-0.1, -0.05) is 13.0 Å². The van der Waals surface area contributed by atoms with Crippen LogP contribution in [0.25, 0.3) is 0 Å². The minimum Gasteiger partial charge on any atom is -0.375 e. The van der Waals surface area contributed by atoms with Crippen LogP contribution in [0.5, 0.6) is 0 Å². The maximum absolute atomic E-state index is 13.3. The van der Waals surface area contributed by atoms with E-state index in [-0.39, 0.29) is 12.1 Å². The molecule has 2 nitrogen and oxygen atoms in total. The van der Waals surface area contributed by atoms with Gasteiger partial charge in [0.25, 0.3) is 0 Å². The molecule has 5 heteroatoms. The largest absolute Gasteiger partial charge is 0.375 e. The summed E-state index contributed by atoms with van der Waals surface area (Å²) in [7, 11) is 0. The fourth-order valence-corrected chi connectivity index (χ4v) is 2.99. The first-order valence-corrected chi connectivity index (χ1v) is 7.25. The zero-order chi connectivity index (χ0) is 13.0. The maximum atomic E-state index is 13.3. The minimum absolute atomic E-state index is 0.00793. The zero-order valence-electron chi connectivity index (χ0n) is 10.3. The summed E-state index contributed by atoms with van der Waals surface area (Å²) in [6.07, 6.45) is 0.00793. The SMILES string of the molecule is CCNC(c1ccc(F)c(F)c1)C1CSCCO1. The van der Waals surface area contributed by atoms with Gasteiger partial charge >= 0.3 is 0 Å². The fraction of sp³-hybridized carbons (Fsp3) is 0.538. The normalized spacial score (nSPS) is 21.8. The molecule has 1 saturated heterocycles. The minimum atomic E-state index is -0.812. The first kappa shape index (κ1) is 13.8. The monoisotopic (exact) mass is 273 g/mol. The van der Waals surface area contributed by atoms with Crippen LogP contribution in [-0.4, -0.2) is 30.8 Å². The van der Waals surface area contributed by atoms with Gasteiger partial charge in [0.2, 0.25) is 0 Å². The van der Waals surface area contributed by atoms with Crippen LogP contribution in [0.1, 0.15) is 18.5 Å². The molecular formula is C13H17F2NOS. The standard InChI is InChI=1S/C13H17F2NOS/c1-2-16-13(12-8-18-6-5-17-12)9-3-4-10(14)11(15)7-9/h3-4,7,12-13,16H,2,5-6,8H2,1H3. The Morgan fingerprint density at radius 3 is 2.89 bits per heavy atom. The fourth-order valence-electron chi connectivity index (χ4n) is 2.09. The van der Waals surface area contributed by atoms with Crippen molar-refractivity contribution in [2.75, 3.05) is 24.7 Å². The van der Waals surface area contributed by atoms with Crippen LogP contribution in [0.2, 0.25) is 0 Å². The highest BCUT2D eigenvalue weighted by atomic mass is 32.2. The summed E-state index contributed by atoms with van der Waals surface area (Å²) in [5.41, 5.74) is 0.739. The summed E-state index contributed by atoms with van der Waals surface area (Å²) in [6.45, 7) is 3.46. The van der Waals surface area contributed by atoms with Crippen LogP contribution >= 0.6 is 11.8 Å². The lowest BCUT2D eigenvalue weighted by Gasteiger charge is -2.31. The molecule has 0 aromatic heterocycles. The van der Waals surface area contributed by atoms with Crippen molar-refractivity contribution in [2.24, 2.45) is 0 Å². The molecule has 1 aromatic carbocycles. The van der Waals surface area contributed by atoms with Crippen LogP contribution in [0.15, 0.2) is 18.2 Å². The molecule has 2 rings (SSSR count). The van der Waals surface area contributed by atoms with E-state index in [0.717, 1.165) is 23.6 Å². The van der Waals surface area contributed by atoms with Crippen molar-refractivity contribution in [2.45, 2.75) is 19.1 Å². The molecule has 0 bridgehead atoms. The first-order valence-electron chi connectivity index (χ1n) is 6.10. The van der Waals surface area contributed by atoms with Gasteiger partial charge in [0.05, 0.1) is 18.8 Å². The van der Waals surface area contributed by atoms with Gasteiger partial charge in [-0.2, -0.15) is 11.8 Å². The van der Waals surface area contributed by atoms with E-state index in [4.69, 9.17) is 4.74 Å². The number of ether oxygens (including phenoxy) is 1. The number of rotatable bonds is 4. The van der Waals surface area contributed by atoms with Crippen molar-refractivity contribution in [1.82, 2.24) is 5.32 Å². The topological polar surface area (TPSA) is 21.3 Å². The van der Waals surface area contributed by atoms with Gasteiger partial charge in [-0.25, -0.2) is 8.78 Å². The second kappa shape index (κ2) is 6.50. The van der Waals surface area contributed by atoms with Gasteiger partial charge < -0.3 is 10.1 Å². The van der Waals surface area contributed by atoms with Gasteiger partial charge in [-0.3, -0.25) is 0 Å². The van der Waals surface area contributed by atoms with E-state index in [1.54, 1.807) is 6.07 Å². The Bertz CT molecular complexity index is 397. The second-order valence-electron chi connectivity index (χ2n) is 4.19. The molecule has 2 atom stereocenters. The number of benzene rings is 1. The van der Waals surface area contributed by atoms with Gasteiger partial charge in [0.15, 0.2) is 11.6 Å². The van der Waals surface area contributed by atoms with Crippen molar-refractivity contribution in [3.8, 4) is 0 Å². The van der Waals surface area contributed by atoms with Gasteiger partial charge in [0.1, 0.15) is 0 Å². The van der Waals surface area contributed by atoms with Gasteiger partial charge in [0, 0.05) is 11.5 Å². The van der Waals surface area contributed by atoms with Crippen molar-refractivity contribution >= 4 is 11.8 Å². The Morgan fingerprint density at radius 1 is 1.44 bits per heavy atom. The average Bonchev–Trinajstić information content (AvgIpc) is 2.40. The molecule has 1 heterocycles. The highest BCUT2D eigenvalue weighted by Gasteiger charge is 2.26. The summed E-state index contributed by atoms with van der Waals surface area (Å²) < 4.78 is 32.0. The Balaban J connectivity index is 2.19. The van der Waals surface area contributed by atoms with Crippen LogP contribution in [0.4, 0.5) is 8.78 Å². The lowest BCUT2D eigenvalue weighted by molar-refractivity contribution is 0.0471. The third-order valence-electron chi connectivity index (χ3n) is 2.94. The molecule has 100 valence electrons. The lowest BCUT2D eigenvalue weighted by Crippen LogP contribution is -2.38. The number of hydrogen-bond donors (Lipinski definition) is 1. The zero-order valence-corrected chi connectivity index (χ0v) is 11.1. The molecule has 1 aliphatic rings. The van der Waals surface area contributed by atoms with E-state index < -0.39 is 11.6 Å². The quantitative estimate of drug-likeness (QED) is 0.911. The average molecular weight is 273 g/mol. The van der Waals surface area contributed by atoms with E-state index >= 15 is 0 Å². The molecule has 1 N–H and O–H groups in total. The van der Waals surface area contributed by atoms with Crippen LogP contribution < -0.4 is 5.32 Å². The Hall–Kier alpha value is -0.650. The number of likely N-dealkylation sites (N-methyl/N-ethyl adjacent to an activating group) is 1. The summed E-state index contributed by atoms with van der Waals surface area (Å²) in [5.74, 6) is 0.246. The number of hydrogen-bond acceptors (Lipinski definition) is 3. The van der Waals surface area contributed by atoms with Crippen LogP contribution in [0.3, 0.4) is 0 Å². The van der Waals surface area contributed by atoms with E-state index in [1.165, 1.54) is 12.1 Å². The summed E-state index contributed by atoms with van der Waals surface area (Å²) in [4.78, 5) is 0. The predicted molar refractivity (Wildman–Crippen MR) is 69.8 cm³/mol. The van der Waals surface area contributed by atoms with E-state index in [1.807, 2.05) is 18.7 Å². The second-order valence-corrected chi connectivity index (χ2v) is 5.34. The first-order chi connectivity index (χ1) is 8.72. The molecule has 0 aliphatic carbocycles. The van der Waals surface area contributed by atoms with E-state index in [2.05, 4.69) is 5.32 Å². The molecule has 0 spiro atoms.